The zero-order chi connectivity index (χ0) is 18.8. The molecule has 2 atom stereocenters. The molecule has 0 N–H and O–H groups in total. The molecule has 0 unspecified atom stereocenters. The van der Waals surface area contributed by atoms with E-state index in [1.165, 1.54) is 11.8 Å². The third-order valence-electron chi connectivity index (χ3n) is 4.26. The summed E-state index contributed by atoms with van der Waals surface area (Å²) in [6, 6.07) is 6.92. The Kier molecular flexibility index (Phi) is 5.36. The number of ether oxygens (including phenoxy) is 2. The minimum absolute atomic E-state index is 0.0538. The predicted molar refractivity (Wildman–Crippen MR) is 101 cm³/mol. The minimum Gasteiger partial charge on any atom is -0.494 e. The van der Waals surface area contributed by atoms with Crippen LogP contribution in [-0.2, 0) is 14.3 Å². The quantitative estimate of drug-likeness (QED) is 0.740. The van der Waals surface area contributed by atoms with E-state index >= 15 is 0 Å². The summed E-state index contributed by atoms with van der Waals surface area (Å²) in [7, 11) is 0. The van der Waals surface area contributed by atoms with Gasteiger partial charge in [-0.05, 0) is 45.4 Å². The van der Waals surface area contributed by atoms with Crippen LogP contribution in [0, 0.1) is 0 Å². The van der Waals surface area contributed by atoms with Gasteiger partial charge in [0.2, 0.25) is 5.91 Å². The molecule has 0 aromatic heterocycles. The summed E-state index contributed by atoms with van der Waals surface area (Å²) in [5.74, 6) is 0.251. The number of aliphatic imine (C=N–C) groups is 1. The number of amidine groups is 1. The monoisotopic (exact) mass is 374 g/mol. The average molecular weight is 374 g/mol. The van der Waals surface area contributed by atoms with Gasteiger partial charge in [0.05, 0.1) is 35.8 Å². The number of fused-ring (bicyclic) bond motifs is 1. The molecular weight excluding hydrogens is 352 g/mol. The third-order valence-corrected chi connectivity index (χ3v) is 5.31. The van der Waals surface area contributed by atoms with E-state index < -0.39 is 12.0 Å². The zero-order valence-electron chi connectivity index (χ0n) is 15.3. The standard InChI is InChI=1S/C19H22N2O4S/c1-5-24-14-9-7-13(8-10-14)16-15(18(23)25-6-2)11(3)20-19-21(16)17(22)12(4)26-19/h7-10,12,16H,5-6H2,1-4H3/t12-,16-/m1/s1. The first-order valence-corrected chi connectivity index (χ1v) is 9.54. The van der Waals surface area contributed by atoms with Gasteiger partial charge in [-0.3, -0.25) is 9.69 Å². The highest BCUT2D eigenvalue weighted by atomic mass is 32.2. The van der Waals surface area contributed by atoms with Gasteiger partial charge >= 0.3 is 5.97 Å². The predicted octanol–water partition coefficient (Wildman–Crippen LogP) is 3.30. The van der Waals surface area contributed by atoms with Crippen molar-refractivity contribution < 1.29 is 19.1 Å². The van der Waals surface area contributed by atoms with Crippen molar-refractivity contribution in [1.82, 2.24) is 4.90 Å². The second kappa shape index (κ2) is 7.53. The number of nitrogens with zero attached hydrogens (tertiary/aromatic N) is 2. The van der Waals surface area contributed by atoms with E-state index in [9.17, 15) is 9.59 Å². The van der Waals surface area contributed by atoms with Crippen molar-refractivity contribution >= 4 is 28.8 Å². The van der Waals surface area contributed by atoms with E-state index in [1.807, 2.05) is 38.1 Å². The van der Waals surface area contributed by atoms with E-state index in [0.717, 1.165) is 11.3 Å². The van der Waals surface area contributed by atoms with Gasteiger partial charge in [-0.1, -0.05) is 23.9 Å². The topological polar surface area (TPSA) is 68.2 Å². The molecule has 0 aliphatic carbocycles. The molecule has 2 aliphatic rings. The number of hydrogen-bond acceptors (Lipinski definition) is 6. The van der Waals surface area contributed by atoms with Crippen LogP contribution in [0.5, 0.6) is 5.75 Å². The Labute approximate surface area is 157 Å². The number of thioether (sulfide) groups is 1. The van der Waals surface area contributed by atoms with Crippen LogP contribution >= 0.6 is 11.8 Å². The maximum Gasteiger partial charge on any atom is 0.338 e. The first kappa shape index (κ1) is 18.5. The fourth-order valence-corrected chi connectivity index (χ4v) is 4.13. The molecule has 6 nitrogen and oxygen atoms in total. The van der Waals surface area contributed by atoms with Crippen LogP contribution in [0.15, 0.2) is 40.5 Å². The Bertz CT molecular complexity index is 785. The molecule has 1 aromatic carbocycles. The second-order valence-electron chi connectivity index (χ2n) is 5.99. The molecule has 2 heterocycles. The van der Waals surface area contributed by atoms with Crippen LogP contribution in [0.25, 0.3) is 0 Å². The van der Waals surface area contributed by atoms with Crippen LogP contribution in [-0.4, -0.2) is 40.4 Å². The number of esters is 1. The fourth-order valence-electron chi connectivity index (χ4n) is 3.10. The Morgan fingerprint density at radius 3 is 2.54 bits per heavy atom. The molecule has 0 saturated carbocycles. The van der Waals surface area contributed by atoms with Gasteiger partial charge in [0.1, 0.15) is 5.75 Å². The van der Waals surface area contributed by atoms with Crippen LogP contribution in [0.2, 0.25) is 0 Å². The second-order valence-corrected chi connectivity index (χ2v) is 7.29. The number of amides is 1. The van der Waals surface area contributed by atoms with E-state index in [-0.39, 0.29) is 17.8 Å². The van der Waals surface area contributed by atoms with Crippen molar-refractivity contribution in [2.75, 3.05) is 13.2 Å². The number of carbonyl (C=O) groups excluding carboxylic acids is 2. The highest BCUT2D eigenvalue weighted by Crippen LogP contribution is 2.43. The summed E-state index contributed by atoms with van der Waals surface area (Å²) in [4.78, 5) is 31.5. The highest BCUT2D eigenvalue weighted by molar-refractivity contribution is 8.15. The molecule has 1 amide bonds. The lowest BCUT2D eigenvalue weighted by molar-refractivity contribution is -0.139. The lowest BCUT2D eigenvalue weighted by Crippen LogP contribution is -2.40. The minimum atomic E-state index is -0.540. The number of hydrogen-bond donors (Lipinski definition) is 0. The Hall–Kier alpha value is -2.28. The molecule has 2 aliphatic heterocycles. The van der Waals surface area contributed by atoms with E-state index in [4.69, 9.17) is 9.47 Å². The van der Waals surface area contributed by atoms with Crippen molar-refractivity contribution in [2.45, 2.75) is 39.0 Å². The van der Waals surface area contributed by atoms with Crippen molar-refractivity contribution in [3.05, 3.63) is 41.1 Å². The Morgan fingerprint density at radius 1 is 1.23 bits per heavy atom. The molecule has 1 fully saturated rings. The summed E-state index contributed by atoms with van der Waals surface area (Å²) in [5, 5.41) is 0.403. The molecule has 0 bridgehead atoms. The largest absolute Gasteiger partial charge is 0.494 e. The van der Waals surface area contributed by atoms with Gasteiger partial charge in [0, 0.05) is 0 Å². The summed E-state index contributed by atoms with van der Waals surface area (Å²) >= 11 is 1.41. The van der Waals surface area contributed by atoms with Gasteiger partial charge in [-0.25, -0.2) is 9.79 Å². The molecular formula is C19H22N2O4S. The summed E-state index contributed by atoms with van der Waals surface area (Å²) in [6.45, 7) is 8.15. The molecule has 0 spiro atoms. The smallest absolute Gasteiger partial charge is 0.338 e. The number of allylic oxidation sites excluding steroid dienone is 1. The molecule has 0 radical (unpaired) electrons. The van der Waals surface area contributed by atoms with Crippen LogP contribution in [0.1, 0.15) is 39.3 Å². The first-order valence-electron chi connectivity index (χ1n) is 8.67. The molecule has 3 rings (SSSR count). The van der Waals surface area contributed by atoms with Gasteiger partial charge < -0.3 is 9.47 Å². The van der Waals surface area contributed by atoms with Gasteiger partial charge in [-0.2, -0.15) is 0 Å². The van der Waals surface area contributed by atoms with Crippen molar-refractivity contribution in [3.8, 4) is 5.75 Å². The SMILES string of the molecule is CCOC(=O)C1=C(C)N=C2S[C@H](C)C(=O)N2[C@@H]1c1ccc(OCC)cc1. The summed E-state index contributed by atoms with van der Waals surface area (Å²) < 4.78 is 10.7. The van der Waals surface area contributed by atoms with Gasteiger partial charge in [0.25, 0.3) is 0 Å². The van der Waals surface area contributed by atoms with E-state index in [2.05, 4.69) is 4.99 Å². The highest BCUT2D eigenvalue weighted by Gasteiger charge is 2.46. The van der Waals surface area contributed by atoms with Crippen molar-refractivity contribution in [3.63, 3.8) is 0 Å². The number of carbonyl (C=O) groups is 2. The molecule has 1 saturated heterocycles. The molecule has 26 heavy (non-hydrogen) atoms. The first-order chi connectivity index (χ1) is 12.5. The lowest BCUT2D eigenvalue weighted by Gasteiger charge is -2.33. The maximum absolute atomic E-state index is 12.8. The number of rotatable bonds is 5. The fraction of sp³-hybridized carbons (Fsp3) is 0.421. The summed E-state index contributed by atoms with van der Waals surface area (Å²) in [6.07, 6.45) is 0. The molecule has 138 valence electrons. The van der Waals surface area contributed by atoms with Gasteiger partial charge in [0.15, 0.2) is 5.17 Å². The third kappa shape index (κ3) is 3.23. The van der Waals surface area contributed by atoms with E-state index in [0.29, 0.717) is 23.0 Å². The Morgan fingerprint density at radius 2 is 1.92 bits per heavy atom. The van der Waals surface area contributed by atoms with Crippen LogP contribution in [0.3, 0.4) is 0 Å². The summed E-state index contributed by atoms with van der Waals surface area (Å²) in [5.41, 5.74) is 1.82. The maximum atomic E-state index is 12.8. The van der Waals surface area contributed by atoms with Crippen molar-refractivity contribution in [1.29, 1.82) is 0 Å². The Balaban J connectivity index is 2.08. The average Bonchev–Trinajstić information content (AvgIpc) is 2.89. The van der Waals surface area contributed by atoms with Crippen LogP contribution < -0.4 is 4.74 Å². The lowest BCUT2D eigenvalue weighted by atomic mass is 9.94. The number of benzene rings is 1. The normalized spacial score (nSPS) is 22.2. The van der Waals surface area contributed by atoms with Crippen molar-refractivity contribution in [2.24, 2.45) is 4.99 Å². The van der Waals surface area contributed by atoms with Crippen LogP contribution in [0.4, 0.5) is 0 Å². The molecule has 7 heteroatoms. The van der Waals surface area contributed by atoms with Gasteiger partial charge in [-0.15, -0.1) is 0 Å². The zero-order valence-corrected chi connectivity index (χ0v) is 16.1. The molecule has 1 aromatic rings. The van der Waals surface area contributed by atoms with E-state index in [1.54, 1.807) is 18.7 Å².